The molecule has 0 radical (unpaired) electrons. The van der Waals surface area contributed by atoms with Crippen LogP contribution >= 0.6 is 11.8 Å². The summed E-state index contributed by atoms with van der Waals surface area (Å²) >= 11 is 1.36. The second-order valence-corrected chi connectivity index (χ2v) is 6.47. The fraction of sp³-hybridized carbons (Fsp3) is 0. The molecule has 0 saturated heterocycles. The van der Waals surface area contributed by atoms with Crippen LogP contribution in [0.25, 0.3) is 0 Å². The molecule has 2 aromatic carbocycles. The van der Waals surface area contributed by atoms with Crippen molar-refractivity contribution >= 4 is 28.5 Å². The van der Waals surface area contributed by atoms with Crippen molar-refractivity contribution in [2.75, 3.05) is 0 Å². The standard InChI is InChI=1S/C13H8O4S2/c14-8-2-3-9-12(6-8)19(17)11-4-1-7(13(15)16)5-10(11)18-9/h1-6,14H,(H,15,16). The van der Waals surface area contributed by atoms with Crippen molar-refractivity contribution in [3.63, 3.8) is 0 Å². The number of phenolic OH excluding ortho intramolecular Hbond substituents is 1. The molecule has 3 rings (SSSR count). The summed E-state index contributed by atoms with van der Waals surface area (Å²) in [5.41, 5.74) is 0.172. The summed E-state index contributed by atoms with van der Waals surface area (Å²) in [4.78, 5) is 13.5. The van der Waals surface area contributed by atoms with Crippen LogP contribution in [0.15, 0.2) is 56.0 Å². The minimum atomic E-state index is -1.40. The van der Waals surface area contributed by atoms with Crippen LogP contribution in [0.3, 0.4) is 0 Å². The lowest BCUT2D eigenvalue weighted by Gasteiger charge is -2.18. The Hall–Kier alpha value is -1.79. The molecule has 2 aromatic rings. The Kier molecular flexibility index (Phi) is 2.83. The van der Waals surface area contributed by atoms with Crippen LogP contribution in [-0.2, 0) is 10.8 Å². The highest BCUT2D eigenvalue weighted by Gasteiger charge is 2.24. The molecule has 96 valence electrons. The number of fused-ring (bicyclic) bond motifs is 2. The van der Waals surface area contributed by atoms with Crippen molar-refractivity contribution < 1.29 is 19.2 Å². The normalized spacial score (nSPS) is 16.5. The molecule has 1 aliphatic heterocycles. The predicted molar refractivity (Wildman–Crippen MR) is 70.3 cm³/mol. The Morgan fingerprint density at radius 2 is 1.84 bits per heavy atom. The van der Waals surface area contributed by atoms with Gasteiger partial charge < -0.3 is 10.2 Å². The number of carboxylic acids is 1. The van der Waals surface area contributed by atoms with Gasteiger partial charge in [0.1, 0.15) is 5.75 Å². The highest BCUT2D eigenvalue weighted by Crippen LogP contribution is 2.43. The molecule has 1 unspecified atom stereocenters. The third-order valence-electron chi connectivity index (χ3n) is 2.74. The zero-order valence-corrected chi connectivity index (χ0v) is 11.1. The monoisotopic (exact) mass is 292 g/mol. The minimum Gasteiger partial charge on any atom is -0.508 e. The molecule has 1 atom stereocenters. The molecule has 6 heteroatoms. The number of hydrogen-bond donors (Lipinski definition) is 2. The van der Waals surface area contributed by atoms with Gasteiger partial charge in [0.25, 0.3) is 0 Å². The SMILES string of the molecule is O=C(O)c1ccc2c(c1)Sc1ccc(O)cc1S2=O. The van der Waals surface area contributed by atoms with Crippen molar-refractivity contribution in [1.82, 2.24) is 0 Å². The van der Waals surface area contributed by atoms with Crippen LogP contribution in [0.2, 0.25) is 0 Å². The fourth-order valence-corrected chi connectivity index (χ4v) is 4.58. The van der Waals surface area contributed by atoms with Gasteiger partial charge in [-0.05, 0) is 36.4 Å². The highest BCUT2D eigenvalue weighted by atomic mass is 32.2. The van der Waals surface area contributed by atoms with Gasteiger partial charge in [-0.25, -0.2) is 9.00 Å². The third-order valence-corrected chi connectivity index (χ3v) is 5.62. The van der Waals surface area contributed by atoms with Crippen LogP contribution in [0.4, 0.5) is 0 Å². The van der Waals surface area contributed by atoms with E-state index < -0.39 is 16.8 Å². The van der Waals surface area contributed by atoms with Gasteiger partial charge in [0.15, 0.2) is 0 Å². The smallest absolute Gasteiger partial charge is 0.335 e. The zero-order chi connectivity index (χ0) is 13.6. The second kappa shape index (κ2) is 4.40. The van der Waals surface area contributed by atoms with Crippen molar-refractivity contribution in [3.8, 4) is 5.75 Å². The van der Waals surface area contributed by atoms with E-state index in [1.807, 2.05) is 0 Å². The lowest BCUT2D eigenvalue weighted by atomic mass is 10.2. The summed E-state index contributed by atoms with van der Waals surface area (Å²) in [6.45, 7) is 0. The summed E-state index contributed by atoms with van der Waals surface area (Å²) < 4.78 is 12.4. The first kappa shape index (κ1) is 12.3. The maximum absolute atomic E-state index is 12.4. The molecule has 4 nitrogen and oxygen atoms in total. The number of aromatic hydroxyl groups is 1. The molecule has 1 heterocycles. The molecule has 0 bridgehead atoms. The van der Waals surface area contributed by atoms with Crippen molar-refractivity contribution in [3.05, 3.63) is 42.0 Å². The van der Waals surface area contributed by atoms with Crippen LogP contribution in [0, 0.1) is 0 Å². The fourth-order valence-electron chi connectivity index (χ4n) is 1.84. The quantitative estimate of drug-likeness (QED) is 0.721. The molecular weight excluding hydrogens is 284 g/mol. The van der Waals surface area contributed by atoms with E-state index in [0.717, 1.165) is 4.90 Å². The van der Waals surface area contributed by atoms with E-state index in [4.69, 9.17) is 5.11 Å². The van der Waals surface area contributed by atoms with Crippen LogP contribution < -0.4 is 0 Å². The first-order valence-corrected chi connectivity index (χ1v) is 7.33. The number of carboxylic acid groups (broad SMARTS) is 1. The molecule has 0 aliphatic carbocycles. The van der Waals surface area contributed by atoms with Gasteiger partial charge in [-0.3, -0.25) is 0 Å². The molecule has 0 aromatic heterocycles. The van der Waals surface area contributed by atoms with Gasteiger partial charge >= 0.3 is 5.97 Å². The number of hydrogen-bond acceptors (Lipinski definition) is 4. The van der Waals surface area contributed by atoms with Gasteiger partial charge in [-0.1, -0.05) is 11.8 Å². The van der Waals surface area contributed by atoms with Gasteiger partial charge in [0, 0.05) is 9.79 Å². The predicted octanol–water partition coefficient (Wildman–Crippen LogP) is 2.72. The number of carbonyl (C=O) groups is 1. The maximum Gasteiger partial charge on any atom is 0.335 e. The lowest BCUT2D eigenvalue weighted by Crippen LogP contribution is -2.04. The number of phenols is 1. The summed E-state index contributed by atoms with van der Waals surface area (Å²) in [6.07, 6.45) is 0. The minimum absolute atomic E-state index is 0.0679. The van der Waals surface area contributed by atoms with E-state index in [1.165, 1.54) is 36.0 Å². The van der Waals surface area contributed by atoms with Gasteiger partial charge in [0.05, 0.1) is 26.2 Å². The summed E-state index contributed by atoms with van der Waals surface area (Å²) in [7, 11) is -1.40. The second-order valence-electron chi connectivity index (χ2n) is 3.97. The highest BCUT2D eigenvalue weighted by molar-refractivity contribution is 8.01. The van der Waals surface area contributed by atoms with E-state index in [9.17, 15) is 14.1 Å². The number of benzene rings is 2. The summed E-state index contributed by atoms with van der Waals surface area (Å²) in [5, 5.41) is 18.4. The molecule has 0 spiro atoms. The number of aromatic carboxylic acids is 1. The van der Waals surface area contributed by atoms with Crippen molar-refractivity contribution in [2.45, 2.75) is 19.6 Å². The summed E-state index contributed by atoms with van der Waals surface area (Å²) in [5.74, 6) is -0.941. The maximum atomic E-state index is 12.4. The summed E-state index contributed by atoms with van der Waals surface area (Å²) in [6, 6.07) is 9.21. The van der Waals surface area contributed by atoms with Crippen molar-refractivity contribution in [1.29, 1.82) is 0 Å². The first-order chi connectivity index (χ1) is 9.06. The molecule has 19 heavy (non-hydrogen) atoms. The molecule has 2 N–H and O–H groups in total. The van der Waals surface area contributed by atoms with E-state index in [0.29, 0.717) is 14.7 Å². The molecular formula is C13H8O4S2. The van der Waals surface area contributed by atoms with Gasteiger partial charge in [-0.15, -0.1) is 0 Å². The molecule has 0 amide bonds. The molecule has 0 fully saturated rings. The number of rotatable bonds is 1. The Morgan fingerprint density at radius 1 is 1.05 bits per heavy atom. The van der Waals surface area contributed by atoms with E-state index in [2.05, 4.69) is 0 Å². The van der Waals surface area contributed by atoms with Gasteiger partial charge in [0.2, 0.25) is 0 Å². The Bertz CT molecular complexity index is 725. The Labute approximate surface area is 115 Å². The average molecular weight is 292 g/mol. The third kappa shape index (κ3) is 2.02. The Balaban J connectivity index is 2.15. The lowest BCUT2D eigenvalue weighted by molar-refractivity contribution is 0.0696. The van der Waals surface area contributed by atoms with Gasteiger partial charge in [-0.2, -0.15) is 0 Å². The molecule has 1 aliphatic rings. The van der Waals surface area contributed by atoms with Crippen LogP contribution in [0.5, 0.6) is 5.75 Å². The van der Waals surface area contributed by atoms with E-state index in [1.54, 1.807) is 12.1 Å². The van der Waals surface area contributed by atoms with Crippen molar-refractivity contribution in [2.24, 2.45) is 0 Å². The zero-order valence-electron chi connectivity index (χ0n) is 9.49. The topological polar surface area (TPSA) is 74.6 Å². The first-order valence-electron chi connectivity index (χ1n) is 5.36. The van der Waals surface area contributed by atoms with E-state index >= 15 is 0 Å². The van der Waals surface area contributed by atoms with E-state index in [-0.39, 0.29) is 11.3 Å². The van der Waals surface area contributed by atoms with Crippen LogP contribution in [0.1, 0.15) is 10.4 Å². The Morgan fingerprint density at radius 3 is 2.58 bits per heavy atom. The largest absolute Gasteiger partial charge is 0.508 e. The van der Waals surface area contributed by atoms with Crippen LogP contribution in [-0.4, -0.2) is 20.4 Å². The molecule has 0 saturated carbocycles. The average Bonchev–Trinajstić information content (AvgIpc) is 2.39.